The molecule has 1 aliphatic heterocycles. The lowest BCUT2D eigenvalue weighted by molar-refractivity contribution is 0.0986. The number of hydrogen-bond donors (Lipinski definition) is 0. The quantitative estimate of drug-likeness (QED) is 0.530. The zero-order valence-electron chi connectivity index (χ0n) is 17.1. The van der Waals surface area contributed by atoms with E-state index in [9.17, 15) is 4.79 Å². The van der Waals surface area contributed by atoms with E-state index in [1.165, 1.54) is 0 Å². The lowest BCUT2D eigenvalue weighted by atomic mass is 10.2. The van der Waals surface area contributed by atoms with Crippen LogP contribution in [0.5, 0.6) is 0 Å². The molecule has 1 aromatic carbocycles. The molecule has 0 radical (unpaired) electrons. The first-order valence-electron chi connectivity index (χ1n) is 10.4. The van der Waals surface area contributed by atoms with E-state index < -0.39 is 0 Å². The molecule has 1 aliphatic rings. The molecule has 3 aromatic heterocycles. The molecule has 0 aliphatic carbocycles. The fourth-order valence-corrected chi connectivity index (χ4v) is 4.34. The second-order valence-corrected chi connectivity index (χ2v) is 7.92. The Balaban J connectivity index is 1.89. The lowest BCUT2D eigenvalue weighted by Crippen LogP contribution is -2.27. The topological polar surface area (TPSA) is 74.8 Å². The number of benzene rings is 1. The Labute approximate surface area is 168 Å². The summed E-state index contributed by atoms with van der Waals surface area (Å²) in [6.07, 6.45) is 3.03. The SMILES string of the molecule is CC[C@H](C)n1c(C)nc2c(c1=O)c1nc3ccccc3nc1n2C[C@H]1CCCO1. The van der Waals surface area contributed by atoms with Crippen molar-refractivity contribution in [2.45, 2.75) is 58.7 Å². The van der Waals surface area contributed by atoms with Crippen molar-refractivity contribution in [2.75, 3.05) is 6.61 Å². The van der Waals surface area contributed by atoms with Gasteiger partial charge in [-0.25, -0.2) is 15.0 Å². The number of nitrogens with zero attached hydrogens (tertiary/aromatic N) is 5. The van der Waals surface area contributed by atoms with Crippen LogP contribution < -0.4 is 5.56 Å². The molecule has 0 N–H and O–H groups in total. The monoisotopic (exact) mass is 391 g/mol. The van der Waals surface area contributed by atoms with E-state index in [-0.39, 0.29) is 17.7 Å². The third-order valence-corrected chi connectivity index (χ3v) is 6.01. The summed E-state index contributed by atoms with van der Waals surface area (Å²) in [4.78, 5) is 28.1. The predicted molar refractivity (Wildman–Crippen MR) is 113 cm³/mol. The van der Waals surface area contributed by atoms with E-state index in [1.54, 1.807) is 4.57 Å². The number of aromatic nitrogens is 5. The van der Waals surface area contributed by atoms with Crippen molar-refractivity contribution in [3.05, 3.63) is 40.4 Å². The van der Waals surface area contributed by atoms with Gasteiger partial charge in [0.05, 0.1) is 23.7 Å². The first-order valence-corrected chi connectivity index (χ1v) is 10.4. The number of rotatable bonds is 4. The van der Waals surface area contributed by atoms with Gasteiger partial charge in [-0.15, -0.1) is 0 Å². The minimum absolute atomic E-state index is 0.0393. The van der Waals surface area contributed by atoms with Crippen molar-refractivity contribution in [1.82, 2.24) is 24.1 Å². The second-order valence-electron chi connectivity index (χ2n) is 7.92. The van der Waals surface area contributed by atoms with Gasteiger partial charge in [0.15, 0.2) is 11.3 Å². The second kappa shape index (κ2) is 6.91. The van der Waals surface area contributed by atoms with Crippen molar-refractivity contribution >= 4 is 33.2 Å². The lowest BCUT2D eigenvalue weighted by Gasteiger charge is -2.16. The molecule has 1 fully saturated rings. The van der Waals surface area contributed by atoms with Crippen LogP contribution in [0.1, 0.15) is 45.0 Å². The Morgan fingerprint density at radius 1 is 1.17 bits per heavy atom. The smallest absolute Gasteiger partial charge is 0.265 e. The van der Waals surface area contributed by atoms with Crippen molar-refractivity contribution in [3.8, 4) is 0 Å². The average molecular weight is 391 g/mol. The van der Waals surface area contributed by atoms with Crippen LogP contribution in [-0.4, -0.2) is 36.8 Å². The van der Waals surface area contributed by atoms with E-state index in [0.29, 0.717) is 28.7 Å². The summed E-state index contributed by atoms with van der Waals surface area (Å²) in [5.41, 5.74) is 3.56. The van der Waals surface area contributed by atoms with Crippen LogP contribution in [0, 0.1) is 6.92 Å². The first-order chi connectivity index (χ1) is 14.1. The Hall–Kier alpha value is -2.80. The molecule has 0 spiro atoms. The van der Waals surface area contributed by atoms with Gasteiger partial charge in [0, 0.05) is 12.6 Å². The fourth-order valence-electron chi connectivity index (χ4n) is 4.34. The van der Waals surface area contributed by atoms with Crippen molar-refractivity contribution in [3.63, 3.8) is 0 Å². The largest absolute Gasteiger partial charge is 0.376 e. The number of aryl methyl sites for hydroxylation is 1. The maximum atomic E-state index is 13.6. The predicted octanol–water partition coefficient (Wildman–Crippen LogP) is 3.75. The highest BCUT2D eigenvalue weighted by atomic mass is 16.5. The van der Waals surface area contributed by atoms with E-state index in [2.05, 4.69) is 13.8 Å². The number of para-hydroxylation sites is 2. The number of ether oxygens (including phenoxy) is 1. The molecule has 1 saturated heterocycles. The van der Waals surface area contributed by atoms with Crippen molar-refractivity contribution in [2.24, 2.45) is 0 Å². The van der Waals surface area contributed by atoms with Gasteiger partial charge in [0.1, 0.15) is 16.7 Å². The van der Waals surface area contributed by atoms with Gasteiger partial charge in [-0.1, -0.05) is 19.1 Å². The molecular weight excluding hydrogens is 366 g/mol. The summed E-state index contributed by atoms with van der Waals surface area (Å²) >= 11 is 0. The number of hydrogen-bond acceptors (Lipinski definition) is 5. The molecule has 7 nitrogen and oxygen atoms in total. The summed E-state index contributed by atoms with van der Waals surface area (Å²) in [5, 5.41) is 0.558. The zero-order chi connectivity index (χ0) is 20.1. The molecule has 4 heterocycles. The van der Waals surface area contributed by atoms with Gasteiger partial charge in [0.25, 0.3) is 5.56 Å². The molecule has 4 aromatic rings. The molecule has 0 amide bonds. The minimum Gasteiger partial charge on any atom is -0.376 e. The van der Waals surface area contributed by atoms with Gasteiger partial charge < -0.3 is 9.30 Å². The van der Waals surface area contributed by atoms with E-state index in [1.807, 2.05) is 35.8 Å². The maximum absolute atomic E-state index is 13.6. The highest BCUT2D eigenvalue weighted by molar-refractivity contribution is 6.04. The molecule has 7 heteroatoms. The van der Waals surface area contributed by atoms with Gasteiger partial charge in [-0.3, -0.25) is 9.36 Å². The Morgan fingerprint density at radius 3 is 2.62 bits per heavy atom. The van der Waals surface area contributed by atoms with Crippen LogP contribution in [0.2, 0.25) is 0 Å². The summed E-state index contributed by atoms with van der Waals surface area (Å²) in [5.74, 6) is 0.720. The Bertz CT molecular complexity index is 1280. The third-order valence-electron chi connectivity index (χ3n) is 6.01. The van der Waals surface area contributed by atoms with Crippen molar-refractivity contribution < 1.29 is 4.74 Å². The summed E-state index contributed by atoms with van der Waals surface area (Å²) in [7, 11) is 0. The van der Waals surface area contributed by atoms with E-state index in [0.717, 1.165) is 42.7 Å². The normalized spacial score (nSPS) is 18.2. The van der Waals surface area contributed by atoms with E-state index in [4.69, 9.17) is 19.7 Å². The molecule has 2 atom stereocenters. The van der Waals surface area contributed by atoms with Gasteiger partial charge >= 0.3 is 0 Å². The maximum Gasteiger partial charge on any atom is 0.265 e. The van der Waals surface area contributed by atoms with Gasteiger partial charge in [-0.05, 0) is 45.2 Å². The standard InChI is InChI=1S/C22H25N5O2/c1-4-13(2)27-14(3)23-20-18(22(27)28)19-21(26(20)12-15-8-7-11-29-15)25-17-10-6-5-9-16(17)24-19/h5-6,9-10,13,15H,4,7-8,11-12H2,1-3H3/t13-,15+/m0/s1. The minimum atomic E-state index is -0.0393. The van der Waals surface area contributed by atoms with Crippen LogP contribution in [0.15, 0.2) is 29.1 Å². The first kappa shape index (κ1) is 18.2. The summed E-state index contributed by atoms with van der Waals surface area (Å²) in [6, 6.07) is 7.85. The van der Waals surface area contributed by atoms with Crippen molar-refractivity contribution in [1.29, 1.82) is 0 Å². The van der Waals surface area contributed by atoms with Gasteiger partial charge in [0.2, 0.25) is 0 Å². The fraction of sp³-hybridized carbons (Fsp3) is 0.455. The zero-order valence-corrected chi connectivity index (χ0v) is 17.1. The van der Waals surface area contributed by atoms with E-state index >= 15 is 0 Å². The highest BCUT2D eigenvalue weighted by Gasteiger charge is 2.25. The molecular formula is C22H25N5O2. The van der Waals surface area contributed by atoms with Crippen LogP contribution in [0.4, 0.5) is 0 Å². The molecule has 150 valence electrons. The third kappa shape index (κ3) is 2.83. The molecule has 5 rings (SSSR count). The molecule has 0 saturated carbocycles. The molecule has 0 bridgehead atoms. The Kier molecular flexibility index (Phi) is 4.35. The highest BCUT2D eigenvalue weighted by Crippen LogP contribution is 2.28. The molecule has 29 heavy (non-hydrogen) atoms. The van der Waals surface area contributed by atoms with Crippen LogP contribution >= 0.6 is 0 Å². The average Bonchev–Trinajstić information content (AvgIpc) is 3.33. The molecule has 0 unspecified atom stereocenters. The summed E-state index contributed by atoms with van der Waals surface area (Å²) in [6.45, 7) is 7.44. The van der Waals surface area contributed by atoms with Gasteiger partial charge in [-0.2, -0.15) is 0 Å². The van der Waals surface area contributed by atoms with Crippen LogP contribution in [0.3, 0.4) is 0 Å². The summed E-state index contributed by atoms with van der Waals surface area (Å²) < 4.78 is 9.70. The van der Waals surface area contributed by atoms with Crippen LogP contribution in [0.25, 0.3) is 33.2 Å². The Morgan fingerprint density at radius 2 is 1.93 bits per heavy atom. The van der Waals surface area contributed by atoms with Crippen LogP contribution in [-0.2, 0) is 11.3 Å². The number of fused-ring (bicyclic) bond motifs is 4.